The number of rotatable bonds is 5. The number of benzene rings is 1. The van der Waals surface area contributed by atoms with Crippen molar-refractivity contribution in [2.24, 2.45) is 11.1 Å². The Bertz CT molecular complexity index is 533. The van der Waals surface area contributed by atoms with E-state index in [0.29, 0.717) is 12.1 Å². The summed E-state index contributed by atoms with van der Waals surface area (Å²) in [6, 6.07) is 5.61. The minimum Gasteiger partial charge on any atom is -0.352 e. The number of hydrogen-bond acceptors (Lipinski definition) is 3. The molecular formula is C12H16N2O3S. The van der Waals surface area contributed by atoms with Gasteiger partial charge < -0.3 is 5.32 Å². The third kappa shape index (κ3) is 3.54. The molecule has 1 aliphatic carbocycles. The molecule has 5 nitrogen and oxygen atoms in total. The minimum atomic E-state index is -3.70. The fraction of sp³-hybridized carbons (Fsp3) is 0.417. The molecule has 0 bridgehead atoms. The molecule has 2 rings (SSSR count). The summed E-state index contributed by atoms with van der Waals surface area (Å²) in [7, 11) is -3.70. The smallest absolute Gasteiger partial charge is 0.251 e. The van der Waals surface area contributed by atoms with Crippen LogP contribution in [-0.2, 0) is 10.0 Å². The Morgan fingerprint density at radius 2 is 1.89 bits per heavy atom. The highest BCUT2D eigenvalue weighted by atomic mass is 32.2. The number of nitrogens with two attached hydrogens (primary N) is 1. The van der Waals surface area contributed by atoms with Crippen LogP contribution < -0.4 is 10.5 Å². The lowest BCUT2D eigenvalue weighted by Crippen LogP contribution is -2.24. The molecule has 0 atom stereocenters. The highest BCUT2D eigenvalue weighted by Gasteiger charge is 2.20. The van der Waals surface area contributed by atoms with Crippen molar-refractivity contribution in [2.75, 3.05) is 6.54 Å². The first-order valence-electron chi connectivity index (χ1n) is 5.88. The molecule has 6 heteroatoms. The number of carbonyl (C=O) groups excluding carboxylic acids is 1. The first kappa shape index (κ1) is 13.0. The van der Waals surface area contributed by atoms with Gasteiger partial charge in [0.2, 0.25) is 10.0 Å². The molecule has 1 aliphatic rings. The van der Waals surface area contributed by atoms with E-state index in [1.165, 1.54) is 37.1 Å². The van der Waals surface area contributed by atoms with Gasteiger partial charge in [-0.2, -0.15) is 0 Å². The molecule has 0 spiro atoms. The predicted octanol–water partition coefficient (Wildman–Crippen LogP) is 0.864. The van der Waals surface area contributed by atoms with E-state index in [2.05, 4.69) is 5.32 Å². The maximum Gasteiger partial charge on any atom is 0.251 e. The Balaban J connectivity index is 1.93. The molecule has 0 radical (unpaired) electrons. The zero-order valence-electron chi connectivity index (χ0n) is 9.93. The molecule has 1 aromatic carbocycles. The minimum absolute atomic E-state index is 0.0111. The lowest BCUT2D eigenvalue weighted by Gasteiger charge is -2.05. The van der Waals surface area contributed by atoms with Crippen molar-refractivity contribution in [2.45, 2.75) is 24.2 Å². The Morgan fingerprint density at radius 1 is 1.28 bits per heavy atom. The summed E-state index contributed by atoms with van der Waals surface area (Å²) in [5, 5.41) is 7.78. The summed E-state index contributed by atoms with van der Waals surface area (Å²) in [5.74, 6) is 0.590. The van der Waals surface area contributed by atoms with Crippen molar-refractivity contribution < 1.29 is 13.2 Å². The van der Waals surface area contributed by atoms with Crippen LogP contribution in [0.15, 0.2) is 29.2 Å². The Morgan fingerprint density at radius 3 is 2.39 bits per heavy atom. The molecule has 1 aromatic rings. The topological polar surface area (TPSA) is 89.3 Å². The Hall–Kier alpha value is -1.40. The molecule has 1 amide bonds. The van der Waals surface area contributed by atoms with Gasteiger partial charge in [-0.1, -0.05) is 12.8 Å². The van der Waals surface area contributed by atoms with Crippen LogP contribution in [0.1, 0.15) is 29.6 Å². The maximum absolute atomic E-state index is 11.7. The first-order valence-corrected chi connectivity index (χ1v) is 7.42. The predicted molar refractivity (Wildman–Crippen MR) is 67.5 cm³/mol. The Kier molecular flexibility index (Phi) is 3.68. The second-order valence-electron chi connectivity index (χ2n) is 4.56. The van der Waals surface area contributed by atoms with Crippen LogP contribution in [-0.4, -0.2) is 20.9 Å². The summed E-state index contributed by atoms with van der Waals surface area (Å²) in [4.78, 5) is 11.7. The molecule has 0 heterocycles. The van der Waals surface area contributed by atoms with Crippen molar-refractivity contribution in [1.82, 2.24) is 5.32 Å². The van der Waals surface area contributed by atoms with Crippen LogP contribution in [0, 0.1) is 5.92 Å². The number of primary sulfonamides is 1. The number of amides is 1. The average molecular weight is 268 g/mol. The van der Waals surface area contributed by atoms with Gasteiger partial charge in [0.1, 0.15) is 0 Å². The third-order valence-electron chi connectivity index (χ3n) is 2.98. The first-order chi connectivity index (χ1) is 8.47. The molecule has 3 N–H and O–H groups in total. The van der Waals surface area contributed by atoms with Gasteiger partial charge in [-0.25, -0.2) is 13.6 Å². The normalized spacial score (nSPS) is 15.4. The third-order valence-corrected chi connectivity index (χ3v) is 3.91. The molecule has 1 fully saturated rings. The van der Waals surface area contributed by atoms with Crippen molar-refractivity contribution in [3.05, 3.63) is 29.8 Å². The van der Waals surface area contributed by atoms with Gasteiger partial charge in [-0.3, -0.25) is 4.79 Å². The van der Waals surface area contributed by atoms with Crippen LogP contribution in [0.4, 0.5) is 0 Å². The molecule has 0 saturated heterocycles. The Labute approximate surface area is 106 Å². The molecule has 0 aromatic heterocycles. The molecule has 18 heavy (non-hydrogen) atoms. The van der Waals surface area contributed by atoms with Crippen LogP contribution in [0.3, 0.4) is 0 Å². The number of nitrogens with one attached hydrogen (secondary N) is 1. The molecule has 98 valence electrons. The SMILES string of the molecule is NS(=O)(=O)c1ccc(C(=O)NCCC2CC2)cc1. The number of sulfonamides is 1. The van der Waals surface area contributed by atoms with Gasteiger partial charge in [0.15, 0.2) is 0 Å². The monoisotopic (exact) mass is 268 g/mol. The van der Waals surface area contributed by atoms with E-state index in [4.69, 9.17) is 5.14 Å². The van der Waals surface area contributed by atoms with Gasteiger partial charge >= 0.3 is 0 Å². The highest BCUT2D eigenvalue weighted by Crippen LogP contribution is 2.31. The van der Waals surface area contributed by atoms with Gasteiger partial charge in [-0.05, 0) is 36.6 Å². The van der Waals surface area contributed by atoms with Gasteiger partial charge in [-0.15, -0.1) is 0 Å². The zero-order valence-corrected chi connectivity index (χ0v) is 10.7. The van der Waals surface area contributed by atoms with E-state index >= 15 is 0 Å². The van der Waals surface area contributed by atoms with E-state index in [1.807, 2.05) is 0 Å². The summed E-state index contributed by atoms with van der Waals surface area (Å²) >= 11 is 0. The highest BCUT2D eigenvalue weighted by molar-refractivity contribution is 7.89. The molecule has 0 aliphatic heterocycles. The standard InChI is InChI=1S/C12H16N2O3S/c13-18(16,17)11-5-3-10(4-6-11)12(15)14-8-7-9-1-2-9/h3-6,9H,1-2,7-8H2,(H,14,15)(H2,13,16,17). The van der Waals surface area contributed by atoms with E-state index in [-0.39, 0.29) is 10.8 Å². The zero-order chi connectivity index (χ0) is 13.2. The van der Waals surface area contributed by atoms with Crippen LogP contribution in [0.2, 0.25) is 0 Å². The van der Waals surface area contributed by atoms with Gasteiger partial charge in [0, 0.05) is 12.1 Å². The maximum atomic E-state index is 11.7. The van der Waals surface area contributed by atoms with E-state index in [9.17, 15) is 13.2 Å². The quantitative estimate of drug-likeness (QED) is 0.830. The van der Waals surface area contributed by atoms with Crippen molar-refractivity contribution in [3.8, 4) is 0 Å². The summed E-state index contributed by atoms with van der Waals surface area (Å²) in [6.07, 6.45) is 3.54. The lowest BCUT2D eigenvalue weighted by atomic mass is 10.2. The molecule has 0 unspecified atom stereocenters. The van der Waals surface area contributed by atoms with Gasteiger partial charge in [0.25, 0.3) is 5.91 Å². The van der Waals surface area contributed by atoms with Crippen molar-refractivity contribution in [1.29, 1.82) is 0 Å². The number of hydrogen-bond donors (Lipinski definition) is 2. The van der Waals surface area contributed by atoms with Crippen molar-refractivity contribution >= 4 is 15.9 Å². The fourth-order valence-electron chi connectivity index (χ4n) is 1.69. The second-order valence-corrected chi connectivity index (χ2v) is 6.12. The summed E-state index contributed by atoms with van der Waals surface area (Å²) in [5.41, 5.74) is 0.443. The molecular weight excluding hydrogens is 252 g/mol. The van der Waals surface area contributed by atoms with E-state index in [1.54, 1.807) is 0 Å². The summed E-state index contributed by atoms with van der Waals surface area (Å²) < 4.78 is 22.1. The van der Waals surface area contributed by atoms with Crippen LogP contribution in [0.5, 0.6) is 0 Å². The summed E-state index contributed by atoms with van der Waals surface area (Å²) in [6.45, 7) is 0.667. The lowest BCUT2D eigenvalue weighted by molar-refractivity contribution is 0.0952. The fourth-order valence-corrected chi connectivity index (χ4v) is 2.21. The second kappa shape index (κ2) is 5.07. The average Bonchev–Trinajstić information content (AvgIpc) is 3.12. The van der Waals surface area contributed by atoms with Crippen LogP contribution >= 0.6 is 0 Å². The number of carbonyl (C=O) groups is 1. The van der Waals surface area contributed by atoms with Gasteiger partial charge in [0.05, 0.1) is 4.90 Å². The van der Waals surface area contributed by atoms with Crippen molar-refractivity contribution in [3.63, 3.8) is 0 Å². The van der Waals surface area contributed by atoms with Crippen LogP contribution in [0.25, 0.3) is 0 Å². The van der Waals surface area contributed by atoms with E-state index in [0.717, 1.165) is 12.3 Å². The van der Waals surface area contributed by atoms with E-state index < -0.39 is 10.0 Å². The molecule has 1 saturated carbocycles. The largest absolute Gasteiger partial charge is 0.352 e.